The maximum atomic E-state index is 11.5. The molecule has 1 rings (SSSR count). The van der Waals surface area contributed by atoms with Gasteiger partial charge in [0, 0.05) is 19.3 Å². The third-order valence-electron chi connectivity index (χ3n) is 2.64. The number of hydrogen-bond acceptors (Lipinski definition) is 4. The summed E-state index contributed by atoms with van der Waals surface area (Å²) in [6.07, 6.45) is 2.74. The molecule has 0 amide bonds. The van der Waals surface area contributed by atoms with E-state index in [0.29, 0.717) is 12.6 Å². The molecule has 4 heteroatoms. The van der Waals surface area contributed by atoms with Crippen molar-refractivity contribution in [2.75, 3.05) is 19.8 Å². The Hall–Kier alpha value is -0.610. The molecule has 1 N–H and O–H groups in total. The summed E-state index contributed by atoms with van der Waals surface area (Å²) in [6.45, 7) is 5.85. The lowest BCUT2D eigenvalue weighted by atomic mass is 10.1. The molecule has 1 heterocycles. The summed E-state index contributed by atoms with van der Waals surface area (Å²) in [5, 5.41) is 3.34. The molecular weight excluding hydrogens is 194 g/mol. The monoisotopic (exact) mass is 215 g/mol. The molecule has 15 heavy (non-hydrogen) atoms. The molecule has 1 aliphatic heterocycles. The lowest BCUT2D eigenvalue weighted by Crippen LogP contribution is -2.46. The molecule has 0 saturated carbocycles. The lowest BCUT2D eigenvalue weighted by Gasteiger charge is -2.26. The van der Waals surface area contributed by atoms with Crippen LogP contribution in [0.3, 0.4) is 0 Å². The highest BCUT2D eigenvalue weighted by atomic mass is 16.5. The average Bonchev–Trinajstić information content (AvgIpc) is 2.27. The minimum Gasteiger partial charge on any atom is -0.465 e. The van der Waals surface area contributed by atoms with Crippen LogP contribution in [0.1, 0.15) is 33.1 Å². The van der Waals surface area contributed by atoms with Crippen molar-refractivity contribution in [3.8, 4) is 0 Å². The number of carbonyl (C=O) groups excluding carboxylic acids is 1. The van der Waals surface area contributed by atoms with Gasteiger partial charge in [-0.05, 0) is 26.2 Å². The molecule has 0 aromatic heterocycles. The predicted octanol–water partition coefficient (Wildman–Crippen LogP) is 1.10. The molecule has 4 nitrogen and oxygen atoms in total. The van der Waals surface area contributed by atoms with Crippen LogP contribution in [0, 0.1) is 0 Å². The van der Waals surface area contributed by atoms with E-state index in [9.17, 15) is 4.79 Å². The topological polar surface area (TPSA) is 47.6 Å². The van der Waals surface area contributed by atoms with E-state index in [2.05, 4.69) is 5.32 Å². The van der Waals surface area contributed by atoms with Gasteiger partial charge in [0.1, 0.15) is 6.04 Å². The Morgan fingerprint density at radius 3 is 2.67 bits per heavy atom. The van der Waals surface area contributed by atoms with Crippen LogP contribution in [0.2, 0.25) is 0 Å². The van der Waals surface area contributed by atoms with Crippen molar-refractivity contribution < 1.29 is 14.3 Å². The first-order valence-electron chi connectivity index (χ1n) is 5.78. The highest BCUT2D eigenvalue weighted by Crippen LogP contribution is 2.08. The van der Waals surface area contributed by atoms with E-state index in [0.717, 1.165) is 32.5 Å². The minimum absolute atomic E-state index is 0.133. The van der Waals surface area contributed by atoms with E-state index in [4.69, 9.17) is 9.47 Å². The van der Waals surface area contributed by atoms with Gasteiger partial charge in [-0.3, -0.25) is 4.79 Å². The molecule has 1 atom stereocenters. The smallest absolute Gasteiger partial charge is 0.323 e. The fraction of sp³-hybridized carbons (Fsp3) is 0.909. The van der Waals surface area contributed by atoms with Gasteiger partial charge in [0.15, 0.2) is 0 Å². The van der Waals surface area contributed by atoms with Crippen LogP contribution in [0.4, 0.5) is 0 Å². The van der Waals surface area contributed by atoms with Gasteiger partial charge >= 0.3 is 5.97 Å². The van der Waals surface area contributed by atoms with Crippen LogP contribution in [-0.4, -0.2) is 37.9 Å². The summed E-state index contributed by atoms with van der Waals surface area (Å²) in [7, 11) is 0. The summed E-state index contributed by atoms with van der Waals surface area (Å²) in [6, 6.07) is 0.237. The van der Waals surface area contributed by atoms with Crippen molar-refractivity contribution in [2.45, 2.75) is 45.2 Å². The van der Waals surface area contributed by atoms with Crippen LogP contribution in [0.5, 0.6) is 0 Å². The van der Waals surface area contributed by atoms with Gasteiger partial charge in [-0.2, -0.15) is 0 Å². The van der Waals surface area contributed by atoms with Crippen molar-refractivity contribution in [3.05, 3.63) is 0 Å². The van der Waals surface area contributed by atoms with Crippen molar-refractivity contribution in [1.29, 1.82) is 0 Å². The highest BCUT2D eigenvalue weighted by molar-refractivity contribution is 5.75. The van der Waals surface area contributed by atoms with Gasteiger partial charge in [-0.1, -0.05) is 6.92 Å². The Bertz CT molecular complexity index is 190. The van der Waals surface area contributed by atoms with Crippen LogP contribution in [0.25, 0.3) is 0 Å². The molecule has 1 unspecified atom stereocenters. The van der Waals surface area contributed by atoms with Crippen molar-refractivity contribution in [3.63, 3.8) is 0 Å². The molecule has 0 aromatic carbocycles. The van der Waals surface area contributed by atoms with E-state index >= 15 is 0 Å². The van der Waals surface area contributed by atoms with Crippen molar-refractivity contribution in [1.82, 2.24) is 5.32 Å². The van der Waals surface area contributed by atoms with Gasteiger partial charge in [-0.25, -0.2) is 0 Å². The van der Waals surface area contributed by atoms with Crippen LogP contribution >= 0.6 is 0 Å². The summed E-state index contributed by atoms with van der Waals surface area (Å²) < 4.78 is 10.3. The minimum atomic E-state index is -0.159. The molecule has 1 fully saturated rings. The van der Waals surface area contributed by atoms with Crippen LogP contribution in [0.15, 0.2) is 0 Å². The van der Waals surface area contributed by atoms with Gasteiger partial charge in [0.25, 0.3) is 0 Å². The molecule has 0 aromatic rings. The lowest BCUT2D eigenvalue weighted by molar-refractivity contribution is -0.146. The van der Waals surface area contributed by atoms with Crippen LogP contribution in [-0.2, 0) is 14.3 Å². The number of hydrogen-bond donors (Lipinski definition) is 1. The number of ether oxygens (including phenoxy) is 2. The first-order chi connectivity index (χ1) is 7.27. The standard InChI is InChI=1S/C11H21NO3/c1-3-10(11(13)15-4-2)12-9-5-7-14-8-6-9/h9-10,12H,3-8H2,1-2H3. The number of nitrogens with one attached hydrogen (secondary N) is 1. The van der Waals surface area contributed by atoms with Gasteiger partial charge < -0.3 is 14.8 Å². The van der Waals surface area contributed by atoms with Crippen molar-refractivity contribution >= 4 is 5.97 Å². The Balaban J connectivity index is 2.34. The fourth-order valence-electron chi connectivity index (χ4n) is 1.74. The van der Waals surface area contributed by atoms with E-state index in [1.54, 1.807) is 0 Å². The quantitative estimate of drug-likeness (QED) is 0.698. The van der Waals surface area contributed by atoms with Gasteiger partial charge in [0.2, 0.25) is 0 Å². The molecule has 1 aliphatic rings. The third-order valence-corrected chi connectivity index (χ3v) is 2.64. The normalized spacial score (nSPS) is 19.9. The Labute approximate surface area is 91.3 Å². The van der Waals surface area contributed by atoms with Crippen LogP contribution < -0.4 is 5.32 Å². The fourth-order valence-corrected chi connectivity index (χ4v) is 1.74. The maximum Gasteiger partial charge on any atom is 0.323 e. The second kappa shape index (κ2) is 6.80. The largest absolute Gasteiger partial charge is 0.465 e. The number of esters is 1. The second-order valence-electron chi connectivity index (χ2n) is 3.77. The molecule has 0 aliphatic carbocycles. The van der Waals surface area contributed by atoms with Gasteiger partial charge in [-0.15, -0.1) is 0 Å². The summed E-state index contributed by atoms with van der Waals surface area (Å²) in [4.78, 5) is 11.5. The molecule has 88 valence electrons. The number of rotatable bonds is 5. The molecule has 1 saturated heterocycles. The predicted molar refractivity (Wildman–Crippen MR) is 57.7 cm³/mol. The molecule has 0 bridgehead atoms. The van der Waals surface area contributed by atoms with E-state index in [-0.39, 0.29) is 12.0 Å². The van der Waals surface area contributed by atoms with E-state index in [1.165, 1.54) is 0 Å². The Morgan fingerprint density at radius 1 is 1.47 bits per heavy atom. The summed E-state index contributed by atoms with van der Waals surface area (Å²) in [5.41, 5.74) is 0. The van der Waals surface area contributed by atoms with E-state index < -0.39 is 0 Å². The zero-order valence-electron chi connectivity index (χ0n) is 9.62. The summed E-state index contributed by atoms with van der Waals surface area (Å²) in [5.74, 6) is -0.133. The zero-order valence-corrected chi connectivity index (χ0v) is 9.62. The highest BCUT2D eigenvalue weighted by Gasteiger charge is 2.22. The van der Waals surface area contributed by atoms with Gasteiger partial charge in [0.05, 0.1) is 6.61 Å². The van der Waals surface area contributed by atoms with Crippen molar-refractivity contribution in [2.24, 2.45) is 0 Å². The molecular formula is C11H21NO3. The molecule has 0 radical (unpaired) electrons. The Kier molecular flexibility index (Phi) is 5.65. The third kappa shape index (κ3) is 4.18. The Morgan fingerprint density at radius 2 is 2.13 bits per heavy atom. The first-order valence-corrected chi connectivity index (χ1v) is 5.78. The summed E-state index contributed by atoms with van der Waals surface area (Å²) >= 11 is 0. The first kappa shape index (κ1) is 12.5. The zero-order chi connectivity index (χ0) is 11.1. The SMILES string of the molecule is CCOC(=O)C(CC)NC1CCOCC1. The maximum absolute atomic E-state index is 11.5. The molecule has 0 spiro atoms. The number of carbonyl (C=O) groups is 1. The van der Waals surface area contributed by atoms with E-state index in [1.807, 2.05) is 13.8 Å². The average molecular weight is 215 g/mol. The second-order valence-corrected chi connectivity index (χ2v) is 3.77.